The van der Waals surface area contributed by atoms with Crippen molar-refractivity contribution in [3.05, 3.63) is 44.8 Å². The van der Waals surface area contributed by atoms with Crippen molar-refractivity contribution in [1.29, 1.82) is 0 Å². The number of ether oxygens (including phenoxy) is 1. The minimum Gasteiger partial charge on any atom is -0.379 e. The van der Waals surface area contributed by atoms with E-state index in [0.717, 1.165) is 5.56 Å². The van der Waals surface area contributed by atoms with Crippen LogP contribution in [0.3, 0.4) is 0 Å². The third-order valence-electron chi connectivity index (χ3n) is 4.76. The fraction of sp³-hybridized carbons (Fsp3) is 0.444. The molecule has 0 N–H and O–H groups in total. The van der Waals surface area contributed by atoms with E-state index in [0.29, 0.717) is 24.7 Å². The monoisotopic (exact) mass is 461 g/mol. The first-order valence-corrected chi connectivity index (χ1v) is 11.1. The number of rotatable bonds is 5. The predicted octanol–water partition coefficient (Wildman–Crippen LogP) is 2.89. The number of carbonyl (C=O) groups is 1. The summed E-state index contributed by atoms with van der Waals surface area (Å²) >= 11 is 12.4. The van der Waals surface area contributed by atoms with Gasteiger partial charge in [-0.3, -0.25) is 4.79 Å². The van der Waals surface area contributed by atoms with Crippen molar-refractivity contribution in [2.45, 2.75) is 25.3 Å². The van der Waals surface area contributed by atoms with Crippen LogP contribution in [-0.4, -0.2) is 62.0 Å². The summed E-state index contributed by atoms with van der Waals surface area (Å²) in [5, 5.41) is 3.92. The Kier molecular flexibility index (Phi) is 6.54. The Morgan fingerprint density at radius 3 is 2.45 bits per heavy atom. The van der Waals surface area contributed by atoms with Gasteiger partial charge in [0.15, 0.2) is 0 Å². The molecule has 3 rings (SSSR count). The highest BCUT2D eigenvalue weighted by Gasteiger charge is 2.30. The van der Waals surface area contributed by atoms with E-state index >= 15 is 0 Å². The van der Waals surface area contributed by atoms with Gasteiger partial charge >= 0.3 is 0 Å². The molecule has 0 spiro atoms. The smallest absolute Gasteiger partial charge is 0.255 e. The molecule has 0 bridgehead atoms. The molecule has 1 aromatic carbocycles. The normalized spacial score (nSPS) is 15.5. The van der Waals surface area contributed by atoms with E-state index in [2.05, 4.69) is 5.16 Å². The molecule has 0 saturated carbocycles. The summed E-state index contributed by atoms with van der Waals surface area (Å²) in [6, 6.07) is 2.52. The maximum absolute atomic E-state index is 13.0. The average Bonchev–Trinajstić information content (AvgIpc) is 3.00. The zero-order chi connectivity index (χ0) is 21.3. The summed E-state index contributed by atoms with van der Waals surface area (Å²) < 4.78 is 37.6. The van der Waals surface area contributed by atoms with Gasteiger partial charge in [-0.15, -0.1) is 0 Å². The van der Waals surface area contributed by atoms with Gasteiger partial charge in [0, 0.05) is 25.7 Å². The van der Waals surface area contributed by atoms with Gasteiger partial charge in [0.2, 0.25) is 10.0 Å². The number of hydrogen-bond donors (Lipinski definition) is 0. The van der Waals surface area contributed by atoms with Crippen molar-refractivity contribution in [2.24, 2.45) is 0 Å². The fourth-order valence-electron chi connectivity index (χ4n) is 3.06. The molecular formula is C18H21Cl2N3O5S. The molecule has 1 aliphatic heterocycles. The maximum Gasteiger partial charge on any atom is 0.255 e. The molecule has 29 heavy (non-hydrogen) atoms. The maximum atomic E-state index is 13.0. The standard InChI is InChI=1S/C18H21Cl2N3O5S/c1-11-14(12(2)28-21-11)10-22(3)18(24)13-8-17(16(20)9-15(13)19)29(25,26)23-4-6-27-7-5-23/h8-9H,4-7,10H2,1-3H3. The van der Waals surface area contributed by atoms with Crippen molar-refractivity contribution in [1.82, 2.24) is 14.4 Å². The summed E-state index contributed by atoms with van der Waals surface area (Å²) in [5.74, 6) is 0.171. The Morgan fingerprint density at radius 1 is 1.21 bits per heavy atom. The van der Waals surface area contributed by atoms with Crippen molar-refractivity contribution in [2.75, 3.05) is 33.4 Å². The molecule has 11 heteroatoms. The quantitative estimate of drug-likeness (QED) is 0.679. The highest BCUT2D eigenvalue weighted by molar-refractivity contribution is 7.89. The Morgan fingerprint density at radius 2 is 1.86 bits per heavy atom. The molecular weight excluding hydrogens is 441 g/mol. The molecule has 8 nitrogen and oxygen atoms in total. The molecule has 2 heterocycles. The van der Waals surface area contributed by atoms with Crippen molar-refractivity contribution >= 4 is 39.1 Å². The van der Waals surface area contributed by atoms with Gasteiger partial charge in [-0.25, -0.2) is 8.42 Å². The third kappa shape index (κ3) is 4.44. The number of aryl methyl sites for hydroxylation is 2. The summed E-state index contributed by atoms with van der Waals surface area (Å²) in [6.07, 6.45) is 0. The lowest BCUT2D eigenvalue weighted by Crippen LogP contribution is -2.40. The molecule has 158 valence electrons. The summed E-state index contributed by atoms with van der Waals surface area (Å²) in [4.78, 5) is 14.3. The SMILES string of the molecule is Cc1noc(C)c1CN(C)C(=O)c1cc(S(=O)(=O)N2CCOCC2)c(Cl)cc1Cl. The predicted molar refractivity (Wildman–Crippen MR) is 108 cm³/mol. The minimum atomic E-state index is -3.89. The molecule has 1 aliphatic rings. The van der Waals surface area contributed by atoms with Crippen LogP contribution in [0, 0.1) is 13.8 Å². The lowest BCUT2D eigenvalue weighted by molar-refractivity contribution is 0.0730. The van der Waals surface area contributed by atoms with E-state index in [1.807, 2.05) is 0 Å². The van der Waals surface area contributed by atoms with Gasteiger partial charge < -0.3 is 14.2 Å². The van der Waals surface area contributed by atoms with Gasteiger partial charge in [0.05, 0.1) is 41.1 Å². The Balaban J connectivity index is 1.93. The minimum absolute atomic E-state index is 0.0357. The van der Waals surface area contributed by atoms with Gasteiger partial charge in [-0.1, -0.05) is 28.4 Å². The lowest BCUT2D eigenvalue weighted by Gasteiger charge is -2.27. The van der Waals surface area contributed by atoms with Crippen molar-refractivity contribution in [3.8, 4) is 0 Å². The number of halogens is 2. The first kappa shape index (κ1) is 22.0. The van der Waals surface area contributed by atoms with Gasteiger partial charge in [0.25, 0.3) is 5.91 Å². The van der Waals surface area contributed by atoms with Crippen LogP contribution in [0.4, 0.5) is 0 Å². The zero-order valence-corrected chi connectivity index (χ0v) is 18.6. The highest BCUT2D eigenvalue weighted by Crippen LogP contribution is 2.32. The Labute approximate surface area is 179 Å². The number of sulfonamides is 1. The summed E-state index contributed by atoms with van der Waals surface area (Å²) in [7, 11) is -2.29. The van der Waals surface area contributed by atoms with E-state index in [-0.39, 0.29) is 40.1 Å². The number of aromatic nitrogens is 1. The van der Waals surface area contributed by atoms with Gasteiger partial charge in [0.1, 0.15) is 10.7 Å². The zero-order valence-electron chi connectivity index (χ0n) is 16.2. The number of benzene rings is 1. The number of amides is 1. The van der Waals surface area contributed by atoms with Crippen LogP contribution < -0.4 is 0 Å². The molecule has 0 aliphatic carbocycles. The summed E-state index contributed by atoms with van der Waals surface area (Å²) in [6.45, 7) is 4.83. The molecule has 0 radical (unpaired) electrons. The van der Waals surface area contributed by atoms with Crippen LogP contribution in [-0.2, 0) is 21.3 Å². The van der Waals surface area contributed by atoms with E-state index < -0.39 is 15.9 Å². The number of hydrogen-bond acceptors (Lipinski definition) is 6. The van der Waals surface area contributed by atoms with Crippen LogP contribution in [0.25, 0.3) is 0 Å². The van der Waals surface area contributed by atoms with E-state index in [1.54, 1.807) is 20.9 Å². The molecule has 1 saturated heterocycles. The second-order valence-electron chi connectivity index (χ2n) is 6.74. The highest BCUT2D eigenvalue weighted by atomic mass is 35.5. The first-order chi connectivity index (χ1) is 13.6. The van der Waals surface area contributed by atoms with Gasteiger partial charge in [-0.2, -0.15) is 4.31 Å². The van der Waals surface area contributed by atoms with E-state index in [9.17, 15) is 13.2 Å². The molecule has 2 aromatic rings. The molecule has 1 aromatic heterocycles. The summed E-state index contributed by atoms with van der Waals surface area (Å²) in [5.41, 5.74) is 1.52. The average molecular weight is 462 g/mol. The van der Waals surface area contributed by atoms with Crippen LogP contribution in [0.5, 0.6) is 0 Å². The Hall–Kier alpha value is -1.65. The van der Waals surface area contributed by atoms with Crippen LogP contribution in [0.1, 0.15) is 27.4 Å². The van der Waals surface area contributed by atoms with Crippen LogP contribution in [0.15, 0.2) is 21.6 Å². The first-order valence-electron chi connectivity index (χ1n) is 8.87. The van der Waals surface area contributed by atoms with E-state index in [1.165, 1.54) is 21.3 Å². The van der Waals surface area contributed by atoms with Crippen LogP contribution >= 0.6 is 23.2 Å². The third-order valence-corrected chi connectivity index (χ3v) is 7.44. The molecule has 0 unspecified atom stereocenters. The lowest BCUT2D eigenvalue weighted by atomic mass is 10.1. The molecule has 0 atom stereocenters. The Bertz CT molecular complexity index is 1010. The molecule has 1 amide bonds. The van der Waals surface area contributed by atoms with Crippen molar-refractivity contribution < 1.29 is 22.5 Å². The van der Waals surface area contributed by atoms with Gasteiger partial charge in [-0.05, 0) is 26.0 Å². The second-order valence-corrected chi connectivity index (χ2v) is 9.46. The number of carbonyl (C=O) groups excluding carboxylic acids is 1. The second kappa shape index (κ2) is 8.61. The van der Waals surface area contributed by atoms with Crippen LogP contribution in [0.2, 0.25) is 10.0 Å². The largest absolute Gasteiger partial charge is 0.379 e. The van der Waals surface area contributed by atoms with Crippen molar-refractivity contribution in [3.63, 3.8) is 0 Å². The molecule has 1 fully saturated rings. The topological polar surface area (TPSA) is 93.0 Å². The number of morpholine rings is 1. The fourth-order valence-corrected chi connectivity index (χ4v) is 5.30. The number of nitrogens with zero attached hydrogens (tertiary/aromatic N) is 3. The van der Waals surface area contributed by atoms with E-state index in [4.69, 9.17) is 32.5 Å².